The third-order valence-electron chi connectivity index (χ3n) is 4.31. The third-order valence-corrected chi connectivity index (χ3v) is 5.09. The molecule has 3 rings (SSSR count). The van der Waals surface area contributed by atoms with Crippen LogP contribution in [0.5, 0.6) is 0 Å². The van der Waals surface area contributed by atoms with Crippen LogP contribution in [0.3, 0.4) is 0 Å². The summed E-state index contributed by atoms with van der Waals surface area (Å²) < 4.78 is 1.17. The van der Waals surface area contributed by atoms with Crippen LogP contribution in [0.4, 0.5) is 0 Å². The zero-order chi connectivity index (χ0) is 15.5. The van der Waals surface area contributed by atoms with Crippen LogP contribution >= 0.6 is 28.3 Å². The van der Waals surface area contributed by atoms with Gasteiger partial charge in [-0.15, -0.1) is 12.4 Å². The molecule has 3 aromatic carbocycles. The van der Waals surface area contributed by atoms with Crippen LogP contribution in [0.1, 0.15) is 24.1 Å². The number of rotatable bonds is 4. The fraction of sp³-hybridized carbons (Fsp3) is 0.200. The molecule has 3 heteroatoms. The van der Waals surface area contributed by atoms with Crippen LogP contribution in [0.2, 0.25) is 0 Å². The van der Waals surface area contributed by atoms with E-state index in [9.17, 15) is 0 Å². The molecule has 0 saturated carbocycles. The van der Waals surface area contributed by atoms with Gasteiger partial charge in [-0.05, 0) is 41.9 Å². The van der Waals surface area contributed by atoms with Crippen molar-refractivity contribution in [3.63, 3.8) is 0 Å². The molecule has 0 fully saturated rings. The van der Waals surface area contributed by atoms with Gasteiger partial charge in [0.15, 0.2) is 0 Å². The van der Waals surface area contributed by atoms with Gasteiger partial charge in [-0.3, -0.25) is 4.90 Å². The van der Waals surface area contributed by atoms with Crippen molar-refractivity contribution >= 4 is 39.1 Å². The zero-order valence-corrected chi connectivity index (χ0v) is 15.8. The predicted octanol–water partition coefficient (Wildman–Crippen LogP) is 6.22. The third kappa shape index (κ3) is 3.95. The molecule has 0 aromatic heterocycles. The molecule has 0 amide bonds. The summed E-state index contributed by atoms with van der Waals surface area (Å²) in [7, 11) is 2.19. The van der Waals surface area contributed by atoms with E-state index in [2.05, 4.69) is 102 Å². The van der Waals surface area contributed by atoms with Crippen LogP contribution < -0.4 is 0 Å². The normalized spacial score (nSPS) is 12.2. The van der Waals surface area contributed by atoms with E-state index in [1.165, 1.54) is 26.4 Å². The summed E-state index contributed by atoms with van der Waals surface area (Å²) in [5.41, 5.74) is 2.70. The van der Waals surface area contributed by atoms with Crippen molar-refractivity contribution in [2.24, 2.45) is 0 Å². The van der Waals surface area contributed by atoms with E-state index in [1.54, 1.807) is 0 Å². The average molecular weight is 391 g/mol. The quantitative estimate of drug-likeness (QED) is 0.511. The summed E-state index contributed by atoms with van der Waals surface area (Å²) >= 11 is 3.64. The van der Waals surface area contributed by atoms with E-state index in [0.29, 0.717) is 6.04 Å². The number of fused-ring (bicyclic) bond motifs is 1. The zero-order valence-electron chi connectivity index (χ0n) is 13.4. The molecule has 0 N–H and O–H groups in total. The van der Waals surface area contributed by atoms with Crippen molar-refractivity contribution in [3.8, 4) is 0 Å². The largest absolute Gasteiger partial charge is 0.295 e. The molecule has 0 unspecified atom stereocenters. The highest BCUT2D eigenvalue weighted by Crippen LogP contribution is 2.29. The van der Waals surface area contributed by atoms with Gasteiger partial charge in [0, 0.05) is 17.1 Å². The van der Waals surface area contributed by atoms with Gasteiger partial charge in [0.1, 0.15) is 0 Å². The Morgan fingerprint density at radius 3 is 2.35 bits per heavy atom. The second-order valence-corrected chi connectivity index (χ2v) is 6.61. The first kappa shape index (κ1) is 18.0. The monoisotopic (exact) mass is 389 g/mol. The Labute approximate surface area is 152 Å². The lowest BCUT2D eigenvalue weighted by atomic mass is 9.98. The summed E-state index contributed by atoms with van der Waals surface area (Å²) in [5.74, 6) is 0. The molecule has 0 bridgehead atoms. The maximum absolute atomic E-state index is 3.64. The smallest absolute Gasteiger partial charge is 0.0326 e. The molecule has 120 valence electrons. The van der Waals surface area contributed by atoms with Crippen molar-refractivity contribution in [2.75, 3.05) is 7.05 Å². The van der Waals surface area contributed by atoms with Gasteiger partial charge in [0.2, 0.25) is 0 Å². The van der Waals surface area contributed by atoms with Gasteiger partial charge in [0.05, 0.1) is 0 Å². The second kappa shape index (κ2) is 7.96. The summed E-state index contributed by atoms with van der Waals surface area (Å²) in [6.45, 7) is 3.20. The maximum Gasteiger partial charge on any atom is 0.0326 e. The van der Waals surface area contributed by atoms with Crippen LogP contribution in [-0.2, 0) is 6.54 Å². The standard InChI is InChI=1S/C20H20BrN.ClH/c1-15(22(2)14-17-9-4-6-13-20(17)21)18-12-7-10-16-8-3-5-11-19(16)18;/h3-13,15H,14H2,1-2H3;1H/t15-;/m1./s1. The minimum absolute atomic E-state index is 0. The minimum Gasteiger partial charge on any atom is -0.295 e. The van der Waals surface area contributed by atoms with Crippen molar-refractivity contribution in [2.45, 2.75) is 19.5 Å². The number of nitrogens with zero attached hydrogens (tertiary/aromatic N) is 1. The van der Waals surface area contributed by atoms with Gasteiger partial charge in [-0.25, -0.2) is 0 Å². The number of benzene rings is 3. The maximum atomic E-state index is 3.64. The Hall–Kier alpha value is -1.35. The van der Waals surface area contributed by atoms with Gasteiger partial charge >= 0.3 is 0 Å². The predicted molar refractivity (Wildman–Crippen MR) is 105 cm³/mol. The van der Waals surface area contributed by atoms with E-state index in [-0.39, 0.29) is 12.4 Å². The molecule has 0 aliphatic rings. The van der Waals surface area contributed by atoms with E-state index >= 15 is 0 Å². The Balaban J connectivity index is 0.00000192. The van der Waals surface area contributed by atoms with Gasteiger partial charge in [0.25, 0.3) is 0 Å². The summed E-state index contributed by atoms with van der Waals surface area (Å²) in [6.07, 6.45) is 0. The van der Waals surface area contributed by atoms with Crippen LogP contribution in [0.15, 0.2) is 71.2 Å². The van der Waals surface area contributed by atoms with E-state index in [0.717, 1.165) is 6.54 Å². The Morgan fingerprint density at radius 2 is 1.57 bits per heavy atom. The second-order valence-electron chi connectivity index (χ2n) is 5.75. The first-order chi connectivity index (χ1) is 10.7. The first-order valence-corrected chi connectivity index (χ1v) is 8.37. The van der Waals surface area contributed by atoms with Gasteiger partial charge < -0.3 is 0 Å². The summed E-state index contributed by atoms with van der Waals surface area (Å²) in [4.78, 5) is 2.39. The van der Waals surface area contributed by atoms with Gasteiger partial charge in [-0.1, -0.05) is 76.6 Å². The highest BCUT2D eigenvalue weighted by atomic mass is 79.9. The topological polar surface area (TPSA) is 3.24 Å². The highest BCUT2D eigenvalue weighted by Gasteiger charge is 2.15. The molecule has 0 saturated heterocycles. The molecule has 0 aliphatic carbocycles. The molecule has 1 nitrogen and oxygen atoms in total. The lowest BCUT2D eigenvalue weighted by molar-refractivity contribution is 0.254. The Bertz CT molecular complexity index is 782. The molecular formula is C20H21BrClN. The van der Waals surface area contributed by atoms with Crippen LogP contribution in [-0.4, -0.2) is 11.9 Å². The number of hydrogen-bond acceptors (Lipinski definition) is 1. The summed E-state index contributed by atoms with van der Waals surface area (Å²) in [5, 5.41) is 2.65. The lowest BCUT2D eigenvalue weighted by Gasteiger charge is -2.26. The molecule has 3 aromatic rings. The highest BCUT2D eigenvalue weighted by molar-refractivity contribution is 9.10. The molecule has 0 spiro atoms. The van der Waals surface area contributed by atoms with E-state index in [1.807, 2.05) is 0 Å². The van der Waals surface area contributed by atoms with Crippen molar-refractivity contribution in [1.82, 2.24) is 4.90 Å². The number of hydrogen-bond donors (Lipinski definition) is 0. The minimum atomic E-state index is 0. The first-order valence-electron chi connectivity index (χ1n) is 7.58. The molecule has 1 atom stereocenters. The molecule has 0 heterocycles. The van der Waals surface area contributed by atoms with E-state index in [4.69, 9.17) is 0 Å². The SMILES string of the molecule is C[C@H](c1cccc2ccccc12)N(C)Cc1ccccc1Br.Cl. The Kier molecular flexibility index (Phi) is 6.23. The van der Waals surface area contributed by atoms with Crippen molar-refractivity contribution < 1.29 is 0 Å². The average Bonchev–Trinajstić information content (AvgIpc) is 2.55. The van der Waals surface area contributed by atoms with Crippen molar-refractivity contribution in [3.05, 3.63) is 82.3 Å². The fourth-order valence-electron chi connectivity index (χ4n) is 2.88. The lowest BCUT2D eigenvalue weighted by Crippen LogP contribution is -2.22. The molecule has 23 heavy (non-hydrogen) atoms. The number of halogens is 2. The van der Waals surface area contributed by atoms with Gasteiger partial charge in [-0.2, -0.15) is 0 Å². The molecular weight excluding hydrogens is 370 g/mol. The van der Waals surface area contributed by atoms with Crippen LogP contribution in [0.25, 0.3) is 10.8 Å². The summed E-state index contributed by atoms with van der Waals surface area (Å²) in [6, 6.07) is 24.0. The fourth-order valence-corrected chi connectivity index (χ4v) is 3.29. The van der Waals surface area contributed by atoms with Crippen LogP contribution in [0, 0.1) is 0 Å². The molecule has 0 radical (unpaired) electrons. The Morgan fingerprint density at radius 1 is 0.913 bits per heavy atom. The van der Waals surface area contributed by atoms with Crippen molar-refractivity contribution in [1.29, 1.82) is 0 Å². The molecule has 0 aliphatic heterocycles. The van der Waals surface area contributed by atoms with E-state index < -0.39 is 0 Å².